The predicted octanol–water partition coefficient (Wildman–Crippen LogP) is 0.897. The normalized spacial score (nSPS) is 14.9. The Bertz CT molecular complexity index is 604. The fourth-order valence-electron chi connectivity index (χ4n) is 1.30. The first kappa shape index (κ1) is 15.5. The summed E-state index contributed by atoms with van der Waals surface area (Å²) in [5.41, 5.74) is 3.62. The summed E-state index contributed by atoms with van der Waals surface area (Å²) in [6.07, 6.45) is 0.116. The zero-order valence-corrected chi connectivity index (χ0v) is 11.2. The smallest absolute Gasteiger partial charge is 0.241 e. The molecule has 106 valence electrons. The van der Waals surface area contributed by atoms with E-state index in [0.717, 1.165) is 6.07 Å². The summed E-state index contributed by atoms with van der Waals surface area (Å²) in [6, 6.07) is 2.13. The van der Waals surface area contributed by atoms with E-state index in [1.54, 1.807) is 6.92 Å². The fraction of sp³-hybridized carbons (Fsp3) is 0.364. The largest absolute Gasteiger partial charge is 0.368 e. The number of hydrogen-bond donors (Lipinski definition) is 2. The number of amides is 1. The number of rotatable bonds is 5. The van der Waals surface area contributed by atoms with Crippen molar-refractivity contribution in [3.63, 3.8) is 0 Å². The van der Waals surface area contributed by atoms with Crippen LogP contribution in [-0.2, 0) is 14.8 Å². The van der Waals surface area contributed by atoms with Gasteiger partial charge in [0.2, 0.25) is 15.9 Å². The van der Waals surface area contributed by atoms with E-state index in [2.05, 4.69) is 4.72 Å². The summed E-state index contributed by atoms with van der Waals surface area (Å²) in [4.78, 5) is 10.8. The predicted molar refractivity (Wildman–Crippen MR) is 64.6 cm³/mol. The highest BCUT2D eigenvalue weighted by Gasteiger charge is 2.34. The van der Waals surface area contributed by atoms with E-state index in [1.807, 2.05) is 0 Å². The number of sulfonamides is 1. The number of primary amides is 1. The topological polar surface area (TPSA) is 89.3 Å². The van der Waals surface area contributed by atoms with Crippen LogP contribution in [0.3, 0.4) is 0 Å². The molecule has 0 unspecified atom stereocenters. The average molecular weight is 292 g/mol. The SMILES string of the molecule is CC[C@](C)(NS(=O)(=O)c1ccc(F)c(F)c1)C(N)=O. The average Bonchev–Trinajstić information content (AvgIpc) is 2.31. The van der Waals surface area contributed by atoms with E-state index >= 15 is 0 Å². The van der Waals surface area contributed by atoms with Crippen LogP contribution in [0.15, 0.2) is 23.1 Å². The monoisotopic (exact) mass is 292 g/mol. The van der Waals surface area contributed by atoms with Crippen LogP contribution in [0.5, 0.6) is 0 Å². The van der Waals surface area contributed by atoms with E-state index < -0.39 is 38.0 Å². The molecule has 1 aromatic rings. The van der Waals surface area contributed by atoms with Crippen molar-refractivity contribution in [1.82, 2.24) is 4.72 Å². The van der Waals surface area contributed by atoms with Crippen molar-refractivity contribution in [2.45, 2.75) is 30.7 Å². The van der Waals surface area contributed by atoms with Gasteiger partial charge in [0.25, 0.3) is 0 Å². The van der Waals surface area contributed by atoms with Crippen LogP contribution in [0.4, 0.5) is 8.78 Å². The molecule has 0 saturated heterocycles. The molecule has 1 amide bonds. The fourth-order valence-corrected chi connectivity index (χ4v) is 2.76. The van der Waals surface area contributed by atoms with Crippen molar-refractivity contribution in [2.75, 3.05) is 0 Å². The van der Waals surface area contributed by atoms with Crippen molar-refractivity contribution in [1.29, 1.82) is 0 Å². The molecule has 0 aliphatic rings. The van der Waals surface area contributed by atoms with Crippen molar-refractivity contribution < 1.29 is 22.0 Å². The van der Waals surface area contributed by atoms with Crippen molar-refractivity contribution in [3.05, 3.63) is 29.8 Å². The van der Waals surface area contributed by atoms with E-state index in [4.69, 9.17) is 5.73 Å². The molecule has 3 N–H and O–H groups in total. The highest BCUT2D eigenvalue weighted by molar-refractivity contribution is 7.89. The third kappa shape index (κ3) is 3.27. The van der Waals surface area contributed by atoms with E-state index in [0.29, 0.717) is 12.1 Å². The number of nitrogens with two attached hydrogens (primary N) is 1. The van der Waals surface area contributed by atoms with Gasteiger partial charge in [0.05, 0.1) is 4.90 Å². The Morgan fingerprint density at radius 1 is 1.37 bits per heavy atom. The number of nitrogens with one attached hydrogen (secondary N) is 1. The molecule has 19 heavy (non-hydrogen) atoms. The lowest BCUT2D eigenvalue weighted by molar-refractivity contribution is -0.123. The standard InChI is InChI=1S/C11H14F2N2O3S/c1-3-11(2,10(14)16)15-19(17,18)7-4-5-8(12)9(13)6-7/h4-6,15H,3H2,1-2H3,(H2,14,16)/t11-/m0/s1. The first-order valence-corrected chi connectivity index (χ1v) is 6.89. The van der Waals surface area contributed by atoms with Crippen LogP contribution in [-0.4, -0.2) is 19.9 Å². The number of hydrogen-bond acceptors (Lipinski definition) is 3. The second-order valence-electron chi connectivity index (χ2n) is 4.23. The summed E-state index contributed by atoms with van der Waals surface area (Å²) < 4.78 is 51.8. The molecule has 0 bridgehead atoms. The van der Waals surface area contributed by atoms with Gasteiger partial charge in [0, 0.05) is 0 Å². The van der Waals surface area contributed by atoms with Gasteiger partial charge < -0.3 is 5.73 Å². The Hall–Kier alpha value is -1.54. The zero-order chi connectivity index (χ0) is 14.8. The van der Waals surface area contributed by atoms with Crippen LogP contribution >= 0.6 is 0 Å². The molecule has 1 atom stereocenters. The number of benzene rings is 1. The van der Waals surface area contributed by atoms with Crippen LogP contribution in [0, 0.1) is 11.6 Å². The number of carbonyl (C=O) groups is 1. The highest BCUT2D eigenvalue weighted by atomic mass is 32.2. The first-order chi connectivity index (χ1) is 8.62. The van der Waals surface area contributed by atoms with Gasteiger partial charge in [-0.25, -0.2) is 17.2 Å². The van der Waals surface area contributed by atoms with Gasteiger partial charge in [-0.1, -0.05) is 6.92 Å². The van der Waals surface area contributed by atoms with Crippen LogP contribution < -0.4 is 10.5 Å². The Kier molecular flexibility index (Phi) is 4.26. The summed E-state index contributed by atoms with van der Waals surface area (Å²) >= 11 is 0. The maximum atomic E-state index is 13.0. The first-order valence-electron chi connectivity index (χ1n) is 5.41. The summed E-state index contributed by atoms with van der Waals surface area (Å²) in [7, 11) is -4.17. The van der Waals surface area contributed by atoms with Gasteiger partial charge in [-0.15, -0.1) is 0 Å². The maximum absolute atomic E-state index is 13.0. The van der Waals surface area contributed by atoms with E-state index in [-0.39, 0.29) is 6.42 Å². The van der Waals surface area contributed by atoms with Crippen LogP contribution in [0.2, 0.25) is 0 Å². The van der Waals surface area contributed by atoms with Crippen molar-refractivity contribution in [3.8, 4) is 0 Å². The zero-order valence-electron chi connectivity index (χ0n) is 10.4. The molecule has 0 spiro atoms. The maximum Gasteiger partial charge on any atom is 0.241 e. The highest BCUT2D eigenvalue weighted by Crippen LogP contribution is 2.18. The second kappa shape index (κ2) is 5.22. The van der Waals surface area contributed by atoms with E-state index in [9.17, 15) is 22.0 Å². The summed E-state index contributed by atoms with van der Waals surface area (Å²) in [5.74, 6) is -3.31. The van der Waals surface area contributed by atoms with Crippen molar-refractivity contribution >= 4 is 15.9 Å². The lowest BCUT2D eigenvalue weighted by Crippen LogP contribution is -2.54. The Morgan fingerprint density at radius 2 is 1.95 bits per heavy atom. The lowest BCUT2D eigenvalue weighted by atomic mass is 10.0. The minimum Gasteiger partial charge on any atom is -0.368 e. The molecule has 5 nitrogen and oxygen atoms in total. The molecule has 0 saturated carbocycles. The Balaban J connectivity index is 3.18. The molecule has 0 aliphatic heterocycles. The third-order valence-electron chi connectivity index (χ3n) is 2.81. The van der Waals surface area contributed by atoms with Crippen LogP contribution in [0.1, 0.15) is 20.3 Å². The summed E-state index contributed by atoms with van der Waals surface area (Å²) in [5, 5.41) is 0. The molecule has 0 radical (unpaired) electrons. The minimum atomic E-state index is -4.17. The lowest BCUT2D eigenvalue weighted by Gasteiger charge is -2.25. The van der Waals surface area contributed by atoms with Crippen molar-refractivity contribution in [2.24, 2.45) is 5.73 Å². The van der Waals surface area contributed by atoms with Gasteiger partial charge >= 0.3 is 0 Å². The molecule has 1 rings (SSSR count). The second-order valence-corrected chi connectivity index (χ2v) is 5.91. The van der Waals surface area contributed by atoms with Gasteiger partial charge in [0.1, 0.15) is 5.54 Å². The van der Waals surface area contributed by atoms with E-state index in [1.165, 1.54) is 6.92 Å². The molecule has 0 heterocycles. The Morgan fingerprint density at radius 3 is 2.37 bits per heavy atom. The minimum absolute atomic E-state index is 0.116. The Labute approximate surface area is 109 Å². The number of carbonyl (C=O) groups excluding carboxylic acids is 1. The van der Waals surface area contributed by atoms with Gasteiger partial charge in [-0.05, 0) is 31.5 Å². The molecule has 8 heteroatoms. The van der Waals surface area contributed by atoms with Gasteiger partial charge in [0.15, 0.2) is 11.6 Å². The quantitative estimate of drug-likeness (QED) is 0.845. The van der Waals surface area contributed by atoms with Crippen LogP contribution in [0.25, 0.3) is 0 Å². The molecule has 0 fully saturated rings. The molecular weight excluding hydrogens is 278 g/mol. The molecular formula is C11H14F2N2O3S. The molecule has 0 aliphatic carbocycles. The third-order valence-corrected chi connectivity index (χ3v) is 4.41. The summed E-state index contributed by atoms with van der Waals surface area (Å²) in [6.45, 7) is 2.88. The molecule has 1 aromatic carbocycles. The van der Waals surface area contributed by atoms with Gasteiger partial charge in [-0.3, -0.25) is 4.79 Å². The van der Waals surface area contributed by atoms with Gasteiger partial charge in [-0.2, -0.15) is 4.72 Å². The number of halogens is 2. The molecule has 0 aromatic heterocycles.